The number of rotatable bonds is 6. The molecule has 3 nitrogen and oxygen atoms in total. The topological polar surface area (TPSA) is 49.3 Å². The molecule has 1 aromatic rings. The van der Waals surface area contributed by atoms with E-state index in [-0.39, 0.29) is 12.5 Å². The molecule has 0 heterocycles. The average molecular weight is 287 g/mol. The van der Waals surface area contributed by atoms with Gasteiger partial charge in [-0.05, 0) is 36.1 Å². The van der Waals surface area contributed by atoms with Crippen molar-refractivity contribution in [2.75, 3.05) is 11.9 Å². The predicted octanol–water partition coefficient (Wildman–Crippen LogP) is 3.36. The highest BCUT2D eigenvalue weighted by molar-refractivity contribution is 5.91. The zero-order valence-electron chi connectivity index (χ0n) is 13.2. The normalized spacial score (nSPS) is 11.4. The van der Waals surface area contributed by atoms with E-state index >= 15 is 0 Å². The predicted molar refractivity (Wildman–Crippen MR) is 87.1 cm³/mol. The van der Waals surface area contributed by atoms with Crippen LogP contribution in [0.1, 0.15) is 51.2 Å². The SMILES string of the molecule is CCc1cc(C#CCCO)ccc1NC(=O)CC(C)CC. The summed E-state index contributed by atoms with van der Waals surface area (Å²) in [6, 6.07) is 5.82. The number of hydrogen-bond donors (Lipinski definition) is 2. The lowest BCUT2D eigenvalue weighted by molar-refractivity contribution is -0.117. The Labute approximate surface area is 127 Å². The molecule has 0 radical (unpaired) electrons. The van der Waals surface area contributed by atoms with E-state index in [1.165, 1.54) is 0 Å². The molecule has 0 aliphatic rings. The quantitative estimate of drug-likeness (QED) is 0.788. The highest BCUT2D eigenvalue weighted by Gasteiger charge is 2.09. The van der Waals surface area contributed by atoms with Crippen molar-refractivity contribution in [2.45, 2.75) is 46.5 Å². The van der Waals surface area contributed by atoms with Gasteiger partial charge in [0.1, 0.15) is 0 Å². The maximum atomic E-state index is 12.0. The summed E-state index contributed by atoms with van der Waals surface area (Å²) in [7, 11) is 0. The summed E-state index contributed by atoms with van der Waals surface area (Å²) < 4.78 is 0. The summed E-state index contributed by atoms with van der Waals surface area (Å²) in [5.74, 6) is 6.40. The number of hydrogen-bond acceptors (Lipinski definition) is 2. The third-order valence-corrected chi connectivity index (χ3v) is 3.46. The number of nitrogens with one attached hydrogen (secondary N) is 1. The van der Waals surface area contributed by atoms with Gasteiger partial charge in [-0.15, -0.1) is 0 Å². The molecule has 1 atom stereocenters. The second-order valence-electron chi connectivity index (χ2n) is 5.27. The van der Waals surface area contributed by atoms with Crippen molar-refractivity contribution < 1.29 is 9.90 Å². The van der Waals surface area contributed by atoms with Crippen LogP contribution in [0.3, 0.4) is 0 Å². The maximum Gasteiger partial charge on any atom is 0.224 e. The van der Waals surface area contributed by atoms with Gasteiger partial charge in [0, 0.05) is 24.1 Å². The van der Waals surface area contributed by atoms with Crippen LogP contribution in [0.25, 0.3) is 0 Å². The van der Waals surface area contributed by atoms with Crippen LogP contribution in [0.5, 0.6) is 0 Å². The fraction of sp³-hybridized carbons (Fsp3) is 0.500. The molecular weight excluding hydrogens is 262 g/mol. The second kappa shape index (κ2) is 9.20. The number of aryl methyl sites for hydroxylation is 1. The van der Waals surface area contributed by atoms with Crippen LogP contribution in [0.4, 0.5) is 5.69 Å². The Bertz CT molecular complexity index is 526. The molecule has 0 aromatic heterocycles. The molecule has 0 saturated heterocycles. The Balaban J connectivity index is 2.80. The summed E-state index contributed by atoms with van der Waals surface area (Å²) in [5.41, 5.74) is 2.88. The monoisotopic (exact) mass is 287 g/mol. The minimum Gasteiger partial charge on any atom is -0.395 e. The fourth-order valence-electron chi connectivity index (χ4n) is 1.97. The highest BCUT2D eigenvalue weighted by atomic mass is 16.2. The molecule has 1 amide bonds. The van der Waals surface area contributed by atoms with Crippen LogP contribution in [-0.2, 0) is 11.2 Å². The van der Waals surface area contributed by atoms with Crippen molar-refractivity contribution >= 4 is 11.6 Å². The Morgan fingerprint density at radius 1 is 1.38 bits per heavy atom. The largest absolute Gasteiger partial charge is 0.395 e. The summed E-state index contributed by atoms with van der Waals surface area (Å²) in [6.45, 7) is 6.32. The molecule has 21 heavy (non-hydrogen) atoms. The third-order valence-electron chi connectivity index (χ3n) is 3.46. The van der Waals surface area contributed by atoms with Crippen molar-refractivity contribution in [3.8, 4) is 11.8 Å². The van der Waals surface area contributed by atoms with Crippen molar-refractivity contribution in [3.05, 3.63) is 29.3 Å². The van der Waals surface area contributed by atoms with E-state index in [9.17, 15) is 4.79 Å². The van der Waals surface area contributed by atoms with Gasteiger partial charge in [-0.2, -0.15) is 0 Å². The molecule has 114 valence electrons. The number of aliphatic hydroxyl groups is 1. The number of anilines is 1. The first-order valence-electron chi connectivity index (χ1n) is 7.63. The van der Waals surface area contributed by atoms with Gasteiger partial charge in [-0.25, -0.2) is 0 Å². The third kappa shape index (κ3) is 6.01. The lowest BCUT2D eigenvalue weighted by Gasteiger charge is -2.12. The zero-order chi connectivity index (χ0) is 15.7. The lowest BCUT2D eigenvalue weighted by atomic mass is 10.0. The summed E-state index contributed by atoms with van der Waals surface area (Å²) in [5, 5.41) is 11.7. The van der Waals surface area contributed by atoms with Gasteiger partial charge in [-0.1, -0.05) is 39.0 Å². The maximum absolute atomic E-state index is 12.0. The number of carbonyl (C=O) groups excluding carboxylic acids is 1. The van der Waals surface area contributed by atoms with E-state index in [0.29, 0.717) is 18.8 Å². The van der Waals surface area contributed by atoms with Crippen molar-refractivity contribution in [2.24, 2.45) is 5.92 Å². The molecule has 1 unspecified atom stereocenters. The van der Waals surface area contributed by atoms with Crippen LogP contribution < -0.4 is 5.32 Å². The van der Waals surface area contributed by atoms with Crippen LogP contribution in [0.15, 0.2) is 18.2 Å². The molecular formula is C18H25NO2. The first-order chi connectivity index (χ1) is 10.1. The van der Waals surface area contributed by atoms with Crippen molar-refractivity contribution in [3.63, 3.8) is 0 Å². The van der Waals surface area contributed by atoms with Gasteiger partial charge in [0.2, 0.25) is 5.91 Å². The van der Waals surface area contributed by atoms with E-state index in [2.05, 4.69) is 37.9 Å². The Hall–Kier alpha value is -1.79. The minimum atomic E-state index is 0.0677. The average Bonchev–Trinajstić information content (AvgIpc) is 2.48. The van der Waals surface area contributed by atoms with Crippen LogP contribution in [-0.4, -0.2) is 17.6 Å². The molecule has 0 fully saturated rings. The zero-order valence-corrected chi connectivity index (χ0v) is 13.2. The molecule has 1 aromatic carbocycles. The van der Waals surface area contributed by atoms with E-state index in [0.717, 1.165) is 29.7 Å². The van der Waals surface area contributed by atoms with Crippen LogP contribution in [0, 0.1) is 17.8 Å². The Morgan fingerprint density at radius 2 is 2.14 bits per heavy atom. The lowest BCUT2D eigenvalue weighted by Crippen LogP contribution is -2.15. The highest BCUT2D eigenvalue weighted by Crippen LogP contribution is 2.19. The molecule has 3 heteroatoms. The smallest absolute Gasteiger partial charge is 0.224 e. The minimum absolute atomic E-state index is 0.0677. The Morgan fingerprint density at radius 3 is 2.76 bits per heavy atom. The summed E-state index contributed by atoms with van der Waals surface area (Å²) in [4.78, 5) is 12.0. The number of amides is 1. The number of aliphatic hydroxyl groups excluding tert-OH is 1. The number of carbonyl (C=O) groups is 1. The van der Waals surface area contributed by atoms with Gasteiger partial charge in [0.05, 0.1) is 6.61 Å². The molecule has 0 aliphatic carbocycles. The molecule has 0 bridgehead atoms. The van der Waals surface area contributed by atoms with Gasteiger partial charge in [0.25, 0.3) is 0 Å². The van der Waals surface area contributed by atoms with Crippen LogP contribution in [0.2, 0.25) is 0 Å². The summed E-state index contributed by atoms with van der Waals surface area (Å²) >= 11 is 0. The van der Waals surface area contributed by atoms with Crippen molar-refractivity contribution in [1.82, 2.24) is 0 Å². The van der Waals surface area contributed by atoms with E-state index in [1.54, 1.807) is 0 Å². The van der Waals surface area contributed by atoms with Crippen LogP contribution >= 0.6 is 0 Å². The molecule has 1 rings (SSSR count). The number of benzene rings is 1. The van der Waals surface area contributed by atoms with Gasteiger partial charge in [-0.3, -0.25) is 4.79 Å². The molecule has 0 saturated carbocycles. The fourth-order valence-corrected chi connectivity index (χ4v) is 1.97. The van der Waals surface area contributed by atoms with E-state index < -0.39 is 0 Å². The molecule has 0 aliphatic heterocycles. The Kier molecular flexibility index (Phi) is 7.56. The molecule has 0 spiro atoms. The molecule has 2 N–H and O–H groups in total. The van der Waals surface area contributed by atoms with Crippen molar-refractivity contribution in [1.29, 1.82) is 0 Å². The standard InChI is InChI=1S/C18H25NO2/c1-4-14(3)12-18(21)19-17-10-9-15(8-6-7-11-20)13-16(17)5-2/h9-10,13-14,20H,4-5,7,11-12H2,1-3H3,(H,19,21). The first-order valence-corrected chi connectivity index (χ1v) is 7.63. The first kappa shape index (κ1) is 17.3. The summed E-state index contributed by atoms with van der Waals surface area (Å²) in [6.07, 6.45) is 2.88. The van der Waals surface area contributed by atoms with E-state index in [1.807, 2.05) is 18.2 Å². The van der Waals surface area contributed by atoms with Gasteiger partial charge >= 0.3 is 0 Å². The van der Waals surface area contributed by atoms with E-state index in [4.69, 9.17) is 5.11 Å². The second-order valence-corrected chi connectivity index (χ2v) is 5.27. The van der Waals surface area contributed by atoms with Gasteiger partial charge in [0.15, 0.2) is 0 Å². The van der Waals surface area contributed by atoms with Gasteiger partial charge < -0.3 is 10.4 Å².